The van der Waals surface area contributed by atoms with E-state index in [4.69, 9.17) is 16.0 Å². The van der Waals surface area contributed by atoms with Crippen LogP contribution in [-0.4, -0.2) is 39.5 Å². The van der Waals surface area contributed by atoms with Crippen LogP contribution in [0.4, 0.5) is 0 Å². The van der Waals surface area contributed by atoms with Crippen LogP contribution in [0.2, 0.25) is 5.02 Å². The van der Waals surface area contributed by atoms with Gasteiger partial charge in [-0.15, -0.1) is 0 Å². The van der Waals surface area contributed by atoms with Gasteiger partial charge in [0.1, 0.15) is 21.4 Å². The number of hydrogen-bond acceptors (Lipinski definition) is 7. The highest BCUT2D eigenvalue weighted by molar-refractivity contribution is 7.89. The molecule has 0 bridgehead atoms. The zero-order valence-corrected chi connectivity index (χ0v) is 17.0. The van der Waals surface area contributed by atoms with E-state index in [2.05, 4.69) is 13.7 Å². The highest BCUT2D eigenvalue weighted by Crippen LogP contribution is 2.33. The van der Waals surface area contributed by atoms with Gasteiger partial charge in [-0.1, -0.05) is 17.7 Å². The molecule has 1 fully saturated rings. The van der Waals surface area contributed by atoms with Gasteiger partial charge in [0.2, 0.25) is 10.0 Å². The van der Waals surface area contributed by atoms with Gasteiger partial charge < -0.3 is 4.42 Å². The zero-order chi connectivity index (χ0) is 19.3. The summed E-state index contributed by atoms with van der Waals surface area (Å²) in [5, 5.41) is 0.610. The smallest absolute Gasteiger partial charge is 0.245 e. The molecule has 0 N–H and O–H groups in total. The number of fused-ring (bicyclic) bond motifs is 2. The zero-order valence-electron chi connectivity index (χ0n) is 14.6. The molecule has 10 heteroatoms. The molecule has 0 saturated carbocycles. The summed E-state index contributed by atoms with van der Waals surface area (Å²) in [4.78, 5) is 4.76. The maximum atomic E-state index is 13.1. The van der Waals surface area contributed by atoms with Crippen molar-refractivity contribution in [3.63, 3.8) is 0 Å². The Kier molecular flexibility index (Phi) is 4.35. The molecule has 2 aromatic heterocycles. The summed E-state index contributed by atoms with van der Waals surface area (Å²) in [6.07, 6.45) is 1.29. The summed E-state index contributed by atoms with van der Waals surface area (Å²) < 4.78 is 41.9. The van der Waals surface area contributed by atoms with E-state index in [0.717, 1.165) is 17.2 Å². The molecule has 3 heterocycles. The minimum atomic E-state index is -3.63. The van der Waals surface area contributed by atoms with E-state index in [9.17, 15) is 8.42 Å². The van der Waals surface area contributed by atoms with Crippen LogP contribution in [0.15, 0.2) is 45.7 Å². The standard InChI is InChI=1S/C18H15ClN4O3S2/c19-12-4-5-15-14(10-12)20-18(26-15)11-6-8-23(9-7-11)28(24,25)16-3-1-2-13-17(16)22-27-21-13/h1-5,10-11H,6-9H2. The fourth-order valence-electron chi connectivity index (χ4n) is 3.56. The van der Waals surface area contributed by atoms with Crippen molar-refractivity contribution < 1.29 is 12.8 Å². The lowest BCUT2D eigenvalue weighted by Gasteiger charge is -2.29. The largest absolute Gasteiger partial charge is 0.440 e. The fraction of sp³-hybridized carbons (Fsp3) is 0.278. The monoisotopic (exact) mass is 434 g/mol. The van der Waals surface area contributed by atoms with E-state index in [1.807, 2.05) is 0 Å². The minimum absolute atomic E-state index is 0.0781. The third-order valence-corrected chi connectivity index (χ3v) is 7.74. The van der Waals surface area contributed by atoms with Gasteiger partial charge in [-0.05, 0) is 43.2 Å². The second kappa shape index (κ2) is 6.77. The predicted octanol–water partition coefficient (Wildman–Crippen LogP) is 4.05. The molecule has 4 aromatic rings. The Bertz CT molecular complexity index is 1280. The molecule has 5 rings (SSSR count). The van der Waals surface area contributed by atoms with Crippen LogP contribution in [-0.2, 0) is 10.0 Å². The highest BCUT2D eigenvalue weighted by Gasteiger charge is 2.33. The number of halogens is 1. The first-order chi connectivity index (χ1) is 13.5. The molecule has 0 atom stereocenters. The first-order valence-electron chi connectivity index (χ1n) is 8.80. The molecule has 0 radical (unpaired) electrons. The van der Waals surface area contributed by atoms with E-state index < -0.39 is 10.0 Å². The maximum absolute atomic E-state index is 13.1. The predicted molar refractivity (Wildman–Crippen MR) is 107 cm³/mol. The number of hydrogen-bond donors (Lipinski definition) is 0. The summed E-state index contributed by atoms with van der Waals surface area (Å²) in [5.41, 5.74) is 2.45. The highest BCUT2D eigenvalue weighted by atomic mass is 35.5. The molecule has 7 nitrogen and oxygen atoms in total. The summed E-state index contributed by atoms with van der Waals surface area (Å²) in [6, 6.07) is 10.4. The van der Waals surface area contributed by atoms with Crippen LogP contribution in [0.5, 0.6) is 0 Å². The number of nitrogens with zero attached hydrogens (tertiary/aromatic N) is 4. The first kappa shape index (κ1) is 18.0. The summed E-state index contributed by atoms with van der Waals surface area (Å²) in [5.74, 6) is 0.717. The Morgan fingerprint density at radius 3 is 2.75 bits per heavy atom. The van der Waals surface area contributed by atoms with Crippen LogP contribution >= 0.6 is 23.3 Å². The Hall–Kier alpha value is -2.07. The van der Waals surface area contributed by atoms with E-state index in [1.54, 1.807) is 36.4 Å². The molecule has 28 heavy (non-hydrogen) atoms. The van der Waals surface area contributed by atoms with Crippen molar-refractivity contribution in [2.75, 3.05) is 13.1 Å². The fourth-order valence-corrected chi connectivity index (χ4v) is 5.95. The van der Waals surface area contributed by atoms with Crippen LogP contribution in [0.25, 0.3) is 22.1 Å². The van der Waals surface area contributed by atoms with Gasteiger partial charge in [-0.25, -0.2) is 13.4 Å². The molecule has 0 amide bonds. The molecule has 0 unspecified atom stereocenters. The minimum Gasteiger partial charge on any atom is -0.440 e. The van der Waals surface area contributed by atoms with Crippen molar-refractivity contribution in [1.29, 1.82) is 0 Å². The van der Waals surface area contributed by atoms with Crippen molar-refractivity contribution >= 4 is 55.5 Å². The van der Waals surface area contributed by atoms with Gasteiger partial charge in [0, 0.05) is 24.0 Å². The quantitative estimate of drug-likeness (QED) is 0.483. The SMILES string of the molecule is O=S(=O)(c1cccc2nsnc12)N1CCC(c2nc3cc(Cl)ccc3o2)CC1. The molecular formula is C18H15ClN4O3S2. The van der Waals surface area contributed by atoms with Gasteiger partial charge >= 0.3 is 0 Å². The number of sulfonamides is 1. The number of benzene rings is 2. The number of piperidine rings is 1. The molecule has 144 valence electrons. The molecule has 1 saturated heterocycles. The number of oxazole rings is 1. The topological polar surface area (TPSA) is 89.2 Å². The lowest BCUT2D eigenvalue weighted by atomic mass is 9.98. The van der Waals surface area contributed by atoms with Crippen molar-refractivity contribution in [3.8, 4) is 0 Å². The van der Waals surface area contributed by atoms with E-state index >= 15 is 0 Å². The van der Waals surface area contributed by atoms with E-state index in [0.29, 0.717) is 53.5 Å². The van der Waals surface area contributed by atoms with Gasteiger partial charge in [-0.3, -0.25) is 0 Å². The number of aromatic nitrogens is 3. The second-order valence-corrected chi connectivity index (χ2v) is 9.60. The van der Waals surface area contributed by atoms with Gasteiger partial charge in [0.25, 0.3) is 0 Å². The molecule has 1 aliphatic rings. The average Bonchev–Trinajstić information content (AvgIpc) is 3.34. The van der Waals surface area contributed by atoms with Crippen molar-refractivity contribution in [3.05, 3.63) is 47.3 Å². The molecule has 0 spiro atoms. The van der Waals surface area contributed by atoms with Gasteiger partial charge in [-0.2, -0.15) is 13.1 Å². The molecule has 2 aromatic carbocycles. The van der Waals surface area contributed by atoms with Crippen LogP contribution < -0.4 is 0 Å². The van der Waals surface area contributed by atoms with E-state index in [-0.39, 0.29) is 10.8 Å². The molecular weight excluding hydrogens is 420 g/mol. The Balaban J connectivity index is 1.38. The maximum Gasteiger partial charge on any atom is 0.245 e. The normalized spacial score (nSPS) is 16.9. The Labute approximate surface area is 170 Å². The van der Waals surface area contributed by atoms with Crippen molar-refractivity contribution in [2.45, 2.75) is 23.7 Å². The lowest BCUT2D eigenvalue weighted by Crippen LogP contribution is -2.38. The average molecular weight is 435 g/mol. The summed E-state index contributed by atoms with van der Waals surface area (Å²) >= 11 is 7.03. The van der Waals surface area contributed by atoms with Crippen LogP contribution in [0.1, 0.15) is 24.7 Å². The molecule has 0 aliphatic carbocycles. The Morgan fingerprint density at radius 1 is 1.11 bits per heavy atom. The van der Waals surface area contributed by atoms with Crippen molar-refractivity contribution in [1.82, 2.24) is 18.0 Å². The lowest BCUT2D eigenvalue weighted by molar-refractivity contribution is 0.294. The number of rotatable bonds is 3. The first-order valence-corrected chi connectivity index (χ1v) is 11.3. The third-order valence-electron chi connectivity index (χ3n) is 5.04. The second-order valence-electron chi connectivity index (χ2n) is 6.73. The third kappa shape index (κ3) is 2.98. The van der Waals surface area contributed by atoms with Gasteiger partial charge in [0.15, 0.2) is 11.5 Å². The van der Waals surface area contributed by atoms with Crippen molar-refractivity contribution in [2.24, 2.45) is 0 Å². The van der Waals surface area contributed by atoms with Gasteiger partial charge in [0.05, 0.1) is 11.7 Å². The summed E-state index contributed by atoms with van der Waals surface area (Å²) in [7, 11) is -3.63. The van der Waals surface area contributed by atoms with Crippen LogP contribution in [0, 0.1) is 0 Å². The van der Waals surface area contributed by atoms with Crippen LogP contribution in [0.3, 0.4) is 0 Å². The summed E-state index contributed by atoms with van der Waals surface area (Å²) in [6.45, 7) is 0.806. The molecule has 1 aliphatic heterocycles. The van der Waals surface area contributed by atoms with E-state index in [1.165, 1.54) is 4.31 Å². The Morgan fingerprint density at radius 2 is 1.93 bits per heavy atom.